The van der Waals surface area contributed by atoms with E-state index in [-0.39, 0.29) is 10.5 Å². The van der Waals surface area contributed by atoms with Crippen LogP contribution in [0.1, 0.15) is 26.3 Å². The van der Waals surface area contributed by atoms with Crippen LogP contribution in [-0.4, -0.2) is 20.0 Å². The summed E-state index contributed by atoms with van der Waals surface area (Å²) in [4.78, 5) is 11.7. The molecule has 0 amide bonds. The van der Waals surface area contributed by atoms with Crippen molar-refractivity contribution >= 4 is 21.6 Å². The summed E-state index contributed by atoms with van der Waals surface area (Å²) in [5.41, 5.74) is -0.196. The molecule has 0 fully saturated rings. The van der Waals surface area contributed by atoms with Crippen LogP contribution in [0.15, 0.2) is 35.7 Å². The van der Waals surface area contributed by atoms with Crippen LogP contribution in [0.4, 0.5) is 0 Å². The summed E-state index contributed by atoms with van der Waals surface area (Å²) in [6.45, 7) is 8.83. The smallest absolute Gasteiger partial charge is 0.338 e. The zero-order chi connectivity index (χ0) is 14.8. The average molecular weight is 283 g/mol. The van der Waals surface area contributed by atoms with E-state index < -0.39 is 21.6 Å². The third-order valence-electron chi connectivity index (χ3n) is 2.16. The number of benzene rings is 1. The molecule has 0 aliphatic heterocycles. The van der Waals surface area contributed by atoms with E-state index in [9.17, 15) is 13.2 Å². The minimum atomic E-state index is -3.81. The number of esters is 1. The molecule has 0 aliphatic rings. The van der Waals surface area contributed by atoms with E-state index in [0.29, 0.717) is 5.56 Å². The standard InChI is InChI=1S/C13H17NO4S/c1-9(12(15)18-13(2,3)4)10-6-5-7-11(8-10)19(14,16)17/h5-8H,1H2,2-4H3,(H2,14,16,17). The fourth-order valence-corrected chi connectivity index (χ4v) is 1.88. The highest BCUT2D eigenvalue weighted by Gasteiger charge is 2.20. The maximum absolute atomic E-state index is 11.8. The first kappa shape index (κ1) is 15.4. The lowest BCUT2D eigenvalue weighted by Gasteiger charge is -2.20. The molecular weight excluding hydrogens is 266 g/mol. The van der Waals surface area contributed by atoms with Gasteiger partial charge in [0, 0.05) is 0 Å². The Morgan fingerprint density at radius 1 is 1.32 bits per heavy atom. The van der Waals surface area contributed by atoms with Crippen molar-refractivity contribution in [1.29, 1.82) is 0 Å². The minimum Gasteiger partial charge on any atom is -0.456 e. The number of carbonyl (C=O) groups is 1. The van der Waals surface area contributed by atoms with Gasteiger partial charge in [-0.2, -0.15) is 0 Å². The minimum absolute atomic E-state index is 0.0743. The molecule has 0 saturated carbocycles. The van der Waals surface area contributed by atoms with E-state index in [1.807, 2.05) is 0 Å². The third kappa shape index (κ3) is 4.50. The van der Waals surface area contributed by atoms with Gasteiger partial charge in [0.2, 0.25) is 10.0 Å². The second-order valence-electron chi connectivity index (χ2n) is 5.05. The van der Waals surface area contributed by atoms with Gasteiger partial charge in [0.25, 0.3) is 0 Å². The Balaban J connectivity index is 3.05. The maximum atomic E-state index is 11.8. The van der Waals surface area contributed by atoms with Crippen LogP contribution in [0.25, 0.3) is 5.57 Å². The summed E-state index contributed by atoms with van der Waals surface area (Å²) in [5, 5.41) is 5.03. The molecule has 2 N–H and O–H groups in total. The molecule has 6 heteroatoms. The van der Waals surface area contributed by atoms with Crippen molar-refractivity contribution < 1.29 is 17.9 Å². The molecule has 19 heavy (non-hydrogen) atoms. The Labute approximate surface area is 113 Å². The van der Waals surface area contributed by atoms with Crippen LogP contribution in [0.5, 0.6) is 0 Å². The summed E-state index contributed by atoms with van der Waals surface area (Å²) in [5.74, 6) is -0.598. The Hall–Kier alpha value is -1.66. The SMILES string of the molecule is C=C(C(=O)OC(C)(C)C)c1cccc(S(N)(=O)=O)c1. The number of primary sulfonamides is 1. The van der Waals surface area contributed by atoms with Gasteiger partial charge in [-0.15, -0.1) is 0 Å². The van der Waals surface area contributed by atoms with Crippen molar-refractivity contribution in [3.05, 3.63) is 36.4 Å². The lowest BCUT2D eigenvalue weighted by Crippen LogP contribution is -2.24. The average Bonchev–Trinajstić information content (AvgIpc) is 2.24. The van der Waals surface area contributed by atoms with Crippen LogP contribution >= 0.6 is 0 Å². The number of hydrogen-bond donors (Lipinski definition) is 1. The largest absolute Gasteiger partial charge is 0.456 e. The molecular formula is C13H17NO4S. The molecule has 5 nitrogen and oxygen atoms in total. The summed E-state index contributed by atoms with van der Waals surface area (Å²) in [6.07, 6.45) is 0. The molecule has 0 spiro atoms. The molecule has 104 valence electrons. The highest BCUT2D eigenvalue weighted by atomic mass is 32.2. The number of hydrogen-bond acceptors (Lipinski definition) is 4. The van der Waals surface area contributed by atoms with E-state index in [4.69, 9.17) is 9.88 Å². The van der Waals surface area contributed by atoms with E-state index in [1.54, 1.807) is 26.8 Å². The molecule has 0 aromatic heterocycles. The van der Waals surface area contributed by atoms with E-state index in [0.717, 1.165) is 0 Å². The van der Waals surface area contributed by atoms with Crippen molar-refractivity contribution in [2.75, 3.05) is 0 Å². The summed E-state index contributed by atoms with van der Waals surface area (Å²) in [7, 11) is -3.81. The van der Waals surface area contributed by atoms with Gasteiger partial charge < -0.3 is 4.74 Å². The van der Waals surface area contributed by atoms with Gasteiger partial charge in [-0.1, -0.05) is 18.7 Å². The number of sulfonamides is 1. The van der Waals surface area contributed by atoms with Gasteiger partial charge in [0.1, 0.15) is 5.60 Å². The van der Waals surface area contributed by atoms with E-state index >= 15 is 0 Å². The Morgan fingerprint density at radius 2 is 1.89 bits per heavy atom. The predicted octanol–water partition coefficient (Wildman–Crippen LogP) is 1.69. The normalized spacial score (nSPS) is 12.0. The molecule has 0 unspecified atom stereocenters. The summed E-state index contributed by atoms with van der Waals surface area (Å²) >= 11 is 0. The van der Waals surface area contributed by atoms with Crippen molar-refractivity contribution in [3.8, 4) is 0 Å². The Morgan fingerprint density at radius 3 is 2.37 bits per heavy atom. The second-order valence-corrected chi connectivity index (χ2v) is 6.61. The predicted molar refractivity (Wildman–Crippen MR) is 72.7 cm³/mol. The summed E-state index contributed by atoms with van der Waals surface area (Å²) in [6, 6.07) is 5.70. The highest BCUT2D eigenvalue weighted by molar-refractivity contribution is 7.89. The van der Waals surface area contributed by atoms with Gasteiger partial charge in [-0.05, 0) is 38.5 Å². The molecule has 0 heterocycles. The van der Waals surface area contributed by atoms with Crippen LogP contribution < -0.4 is 5.14 Å². The first-order chi connectivity index (χ1) is 8.50. The van der Waals surface area contributed by atoms with E-state index in [2.05, 4.69) is 6.58 Å². The third-order valence-corrected chi connectivity index (χ3v) is 3.07. The highest BCUT2D eigenvalue weighted by Crippen LogP contribution is 2.20. The Kier molecular flexibility index (Phi) is 4.17. The molecule has 1 aromatic carbocycles. The lowest BCUT2D eigenvalue weighted by molar-refractivity contribution is -0.147. The number of nitrogens with two attached hydrogens (primary N) is 1. The van der Waals surface area contributed by atoms with Crippen molar-refractivity contribution in [2.24, 2.45) is 5.14 Å². The topological polar surface area (TPSA) is 86.5 Å². The molecule has 1 rings (SSSR count). The molecule has 0 aliphatic carbocycles. The van der Waals surface area contributed by atoms with Crippen LogP contribution in [0.2, 0.25) is 0 Å². The van der Waals surface area contributed by atoms with Crippen molar-refractivity contribution in [3.63, 3.8) is 0 Å². The van der Waals surface area contributed by atoms with Crippen LogP contribution in [-0.2, 0) is 19.6 Å². The van der Waals surface area contributed by atoms with Gasteiger partial charge in [-0.3, -0.25) is 0 Å². The number of rotatable bonds is 3. The molecule has 0 radical (unpaired) electrons. The van der Waals surface area contributed by atoms with E-state index in [1.165, 1.54) is 18.2 Å². The van der Waals surface area contributed by atoms with Crippen LogP contribution in [0, 0.1) is 0 Å². The Bertz CT molecular complexity index is 612. The molecule has 0 atom stereocenters. The van der Waals surface area contributed by atoms with Gasteiger partial charge in [0.05, 0.1) is 10.5 Å². The fraction of sp³-hybridized carbons (Fsp3) is 0.308. The van der Waals surface area contributed by atoms with Crippen LogP contribution in [0.3, 0.4) is 0 Å². The monoisotopic (exact) mass is 283 g/mol. The second kappa shape index (κ2) is 5.14. The zero-order valence-corrected chi connectivity index (χ0v) is 12.0. The number of carbonyl (C=O) groups excluding carboxylic acids is 1. The quantitative estimate of drug-likeness (QED) is 0.675. The maximum Gasteiger partial charge on any atom is 0.338 e. The van der Waals surface area contributed by atoms with Crippen molar-refractivity contribution in [2.45, 2.75) is 31.3 Å². The lowest BCUT2D eigenvalue weighted by atomic mass is 10.1. The first-order valence-corrected chi connectivity index (χ1v) is 7.11. The first-order valence-electron chi connectivity index (χ1n) is 5.56. The van der Waals surface area contributed by atoms with Gasteiger partial charge in [0.15, 0.2) is 0 Å². The zero-order valence-electron chi connectivity index (χ0n) is 11.1. The van der Waals surface area contributed by atoms with Gasteiger partial charge >= 0.3 is 5.97 Å². The molecule has 0 bridgehead atoms. The van der Waals surface area contributed by atoms with Crippen molar-refractivity contribution in [1.82, 2.24) is 0 Å². The van der Waals surface area contributed by atoms with Gasteiger partial charge in [-0.25, -0.2) is 18.4 Å². The summed E-state index contributed by atoms with van der Waals surface area (Å²) < 4.78 is 27.6. The number of ether oxygens (including phenoxy) is 1. The fourth-order valence-electron chi connectivity index (χ4n) is 1.32. The molecule has 1 aromatic rings. The molecule has 0 saturated heterocycles.